The Hall–Kier alpha value is -0.940. The molecule has 0 saturated heterocycles. The molecule has 0 rings (SSSR count). The molecule has 0 saturated carbocycles. The predicted molar refractivity (Wildman–Crippen MR) is 260 cm³/mol. The van der Waals surface area contributed by atoms with E-state index in [9.17, 15) is 9.59 Å². The van der Waals surface area contributed by atoms with Crippen molar-refractivity contribution in [2.45, 2.75) is 263 Å². The van der Waals surface area contributed by atoms with Crippen LogP contribution in [0.4, 0.5) is 0 Å². The van der Waals surface area contributed by atoms with Gasteiger partial charge >= 0.3 is 0 Å². The molecular formula is C55H101N3O2. The number of hydrogen-bond donors (Lipinski definition) is 0. The van der Waals surface area contributed by atoms with Gasteiger partial charge in [-0.2, -0.15) is 0 Å². The lowest BCUT2D eigenvalue weighted by Crippen LogP contribution is -2.32. The molecule has 0 heterocycles. The van der Waals surface area contributed by atoms with Gasteiger partial charge in [-0.1, -0.05) is 167 Å². The number of Topliss-reactive ketones (excluding diaryl/α,β-unsaturated/α-hetero) is 1. The van der Waals surface area contributed by atoms with E-state index >= 15 is 0 Å². The minimum Gasteiger partial charge on any atom is -0.343 e. The normalized spacial score (nSPS) is 11.7. The number of nitrogens with zero attached hydrogens (tertiary/aromatic N) is 3. The van der Waals surface area contributed by atoms with E-state index in [4.69, 9.17) is 34.7 Å². The van der Waals surface area contributed by atoms with Crippen molar-refractivity contribution in [3.63, 3.8) is 0 Å². The Labute approximate surface area is 378 Å². The summed E-state index contributed by atoms with van der Waals surface area (Å²) in [4.78, 5) is 32.7. The van der Waals surface area contributed by atoms with Crippen molar-refractivity contribution in [2.24, 2.45) is 0 Å². The highest BCUT2D eigenvalue weighted by Crippen LogP contribution is 2.15. The lowest BCUT2D eigenvalue weighted by molar-refractivity contribution is -0.131. The van der Waals surface area contributed by atoms with E-state index in [1.165, 1.54) is 141 Å². The molecule has 0 atom stereocenters. The first kappa shape index (κ1) is 59.1. The van der Waals surface area contributed by atoms with Gasteiger partial charge in [0.25, 0.3) is 0 Å². The Bertz CT molecular complexity index is 829. The average molecular weight is 836 g/mol. The monoisotopic (exact) mass is 836 g/mol. The first-order chi connectivity index (χ1) is 29.5. The minimum absolute atomic E-state index is 0.370. The van der Waals surface area contributed by atoms with Gasteiger partial charge in [-0.25, -0.2) is 0 Å². The van der Waals surface area contributed by atoms with Gasteiger partial charge in [-0.3, -0.25) is 14.5 Å². The predicted octanol–water partition coefficient (Wildman–Crippen LogP) is 15.5. The number of amides is 1. The van der Waals surface area contributed by atoms with Gasteiger partial charge < -0.3 is 9.80 Å². The third-order valence-corrected chi connectivity index (χ3v) is 12.4. The second kappa shape index (κ2) is 49.1. The average Bonchev–Trinajstić information content (AvgIpc) is 3.25. The van der Waals surface area contributed by atoms with Gasteiger partial charge in [0, 0.05) is 45.9 Å². The molecule has 0 aromatic carbocycles. The van der Waals surface area contributed by atoms with Crippen LogP contribution in [0.2, 0.25) is 0 Å². The highest BCUT2D eigenvalue weighted by Gasteiger charge is 2.13. The Morgan fingerprint density at radius 3 is 0.933 bits per heavy atom. The number of carbonyl (C=O) groups is 2. The van der Waals surface area contributed by atoms with Crippen LogP contribution in [-0.4, -0.2) is 72.2 Å². The minimum atomic E-state index is 0.370. The van der Waals surface area contributed by atoms with Crippen LogP contribution in [-0.2, 0) is 9.59 Å². The number of hydrogen-bond acceptors (Lipinski definition) is 4. The van der Waals surface area contributed by atoms with Crippen molar-refractivity contribution in [1.29, 1.82) is 0 Å². The van der Waals surface area contributed by atoms with Gasteiger partial charge in [0.05, 0.1) is 0 Å². The molecule has 10 radical (unpaired) electrons. The maximum Gasteiger partial charge on any atom is 0.222 e. The molecule has 0 spiro atoms. The van der Waals surface area contributed by atoms with Gasteiger partial charge in [0.2, 0.25) is 5.91 Å². The van der Waals surface area contributed by atoms with Gasteiger partial charge in [-0.05, 0) is 131 Å². The van der Waals surface area contributed by atoms with Crippen LogP contribution in [0.1, 0.15) is 263 Å². The van der Waals surface area contributed by atoms with Crippen molar-refractivity contribution in [3.8, 4) is 0 Å². The van der Waals surface area contributed by atoms with Gasteiger partial charge in [-0.15, -0.1) is 0 Å². The van der Waals surface area contributed by atoms with Crippen molar-refractivity contribution in [2.75, 3.05) is 45.8 Å². The molecule has 348 valence electrons. The van der Waals surface area contributed by atoms with Gasteiger partial charge in [0.1, 0.15) is 5.78 Å². The number of ketones is 1. The molecule has 5 nitrogen and oxygen atoms in total. The Morgan fingerprint density at radius 1 is 0.283 bits per heavy atom. The maximum absolute atomic E-state index is 13.2. The molecule has 5 heteroatoms. The fourth-order valence-electron chi connectivity index (χ4n) is 8.35. The van der Waals surface area contributed by atoms with Crippen LogP contribution < -0.4 is 0 Å². The van der Waals surface area contributed by atoms with Crippen LogP contribution >= 0.6 is 0 Å². The van der Waals surface area contributed by atoms with E-state index in [1.54, 1.807) is 0 Å². The topological polar surface area (TPSA) is 43.9 Å². The lowest BCUT2D eigenvalue weighted by atomic mass is 10.1. The number of unbranched alkanes of at least 4 members (excludes halogenated alkanes) is 32. The number of rotatable bonds is 51. The number of carbonyl (C=O) groups excluding carboxylic acids is 2. The molecule has 0 unspecified atom stereocenters. The van der Waals surface area contributed by atoms with Gasteiger partial charge in [0.15, 0.2) is 0 Å². The van der Waals surface area contributed by atoms with E-state index in [-0.39, 0.29) is 0 Å². The maximum atomic E-state index is 13.2. The zero-order chi connectivity index (χ0) is 43.8. The third kappa shape index (κ3) is 43.7. The summed E-state index contributed by atoms with van der Waals surface area (Å²) in [6.07, 6.45) is 46.0. The summed E-state index contributed by atoms with van der Waals surface area (Å²) in [6.45, 7) is 29.5. The van der Waals surface area contributed by atoms with Crippen molar-refractivity contribution < 1.29 is 9.59 Å². The van der Waals surface area contributed by atoms with Crippen molar-refractivity contribution >= 4 is 11.7 Å². The second-order valence-corrected chi connectivity index (χ2v) is 18.2. The highest BCUT2D eigenvalue weighted by molar-refractivity contribution is 5.78. The van der Waals surface area contributed by atoms with E-state index in [1.807, 2.05) is 4.90 Å². The molecular weight excluding hydrogens is 735 g/mol. The summed E-state index contributed by atoms with van der Waals surface area (Å²) in [5, 5.41) is 0. The van der Waals surface area contributed by atoms with E-state index in [0.717, 1.165) is 155 Å². The summed E-state index contributed by atoms with van der Waals surface area (Å²) in [5.41, 5.74) is 0. The summed E-state index contributed by atoms with van der Waals surface area (Å²) >= 11 is 0. The molecule has 0 aromatic rings. The molecule has 0 aromatic heterocycles. The summed E-state index contributed by atoms with van der Waals surface area (Å²) in [6, 6.07) is 0. The van der Waals surface area contributed by atoms with Crippen LogP contribution in [0.5, 0.6) is 0 Å². The van der Waals surface area contributed by atoms with E-state index < -0.39 is 0 Å². The zero-order valence-electron chi connectivity index (χ0n) is 40.0. The molecule has 0 N–H and O–H groups in total. The first-order valence-electron chi connectivity index (χ1n) is 26.3. The lowest BCUT2D eigenvalue weighted by Gasteiger charge is -2.23. The second-order valence-electron chi connectivity index (χ2n) is 18.2. The molecule has 0 fully saturated rings. The third-order valence-electron chi connectivity index (χ3n) is 12.4. The zero-order valence-corrected chi connectivity index (χ0v) is 40.0. The fourth-order valence-corrected chi connectivity index (χ4v) is 8.35. The highest BCUT2D eigenvalue weighted by atomic mass is 16.2. The smallest absolute Gasteiger partial charge is 0.222 e. The van der Waals surface area contributed by atoms with Crippen molar-refractivity contribution in [1.82, 2.24) is 14.7 Å². The van der Waals surface area contributed by atoms with E-state index in [2.05, 4.69) is 9.80 Å². The summed E-state index contributed by atoms with van der Waals surface area (Å²) < 4.78 is 0. The van der Waals surface area contributed by atoms with Crippen LogP contribution in [0.25, 0.3) is 0 Å². The summed E-state index contributed by atoms with van der Waals surface area (Å²) in [5.74, 6) is 0.805. The largest absolute Gasteiger partial charge is 0.343 e. The molecule has 60 heavy (non-hydrogen) atoms. The molecule has 0 aliphatic rings. The van der Waals surface area contributed by atoms with Crippen LogP contribution in [0, 0.1) is 34.7 Å². The Morgan fingerprint density at radius 2 is 0.567 bits per heavy atom. The van der Waals surface area contributed by atoms with Crippen LogP contribution in [0.15, 0.2) is 0 Å². The molecule has 1 amide bonds. The first-order valence-corrected chi connectivity index (χ1v) is 26.3. The van der Waals surface area contributed by atoms with Crippen LogP contribution in [0.3, 0.4) is 0 Å². The quantitative estimate of drug-likeness (QED) is 0.0452. The Kier molecular flexibility index (Phi) is 48.3. The molecule has 0 bridgehead atoms. The fraction of sp³-hybridized carbons (Fsp3) is 0.873. The SMILES string of the molecule is [CH]CCCCCCCCCN(CCCCCCCCC[CH])C(=O)CCCCCCCN([CH])CCCCCCCC(=O)CCN(CCCCCCC[CH])CCCCCCC[CH]. The van der Waals surface area contributed by atoms with Crippen molar-refractivity contribution in [3.05, 3.63) is 34.7 Å². The standard InChI is InChI=1S/C55H101N3O2/c1-6-10-14-18-22-24-34-42-51-58(52-43-35-25-23-19-15-11-7-2)55(60)45-37-29-27-31-39-48-56(5)47-38-30-26-28-36-44-54(59)46-53-57(49-40-32-20-16-12-8-3)50-41-33-21-17-13-9-4/h1-5H,6-53H2. The summed E-state index contributed by atoms with van der Waals surface area (Å²) in [7, 11) is 6.33. The Balaban J connectivity index is 4.09. The molecule has 0 aliphatic carbocycles. The van der Waals surface area contributed by atoms with E-state index in [0.29, 0.717) is 24.5 Å². The molecule has 0 aliphatic heterocycles.